The van der Waals surface area contributed by atoms with Crippen LogP contribution in [0.2, 0.25) is 5.02 Å². The molecule has 6 heteroatoms. The van der Waals surface area contributed by atoms with Crippen LogP contribution in [-0.2, 0) is 0 Å². The highest BCUT2D eigenvalue weighted by Gasteiger charge is 2.17. The third-order valence-corrected chi connectivity index (χ3v) is 4.85. The van der Waals surface area contributed by atoms with Crippen molar-refractivity contribution in [2.75, 3.05) is 16.8 Å². The number of nitrogens with one attached hydrogen (secondary N) is 1. The highest BCUT2D eigenvalue weighted by Crippen LogP contribution is 2.32. The number of rotatable bonds is 2. The SMILES string of the molecule is Clc1ccc2nsnc2c1NC1CCSCC1. The number of hydrogen-bond donors (Lipinski definition) is 1. The van der Waals surface area contributed by atoms with Gasteiger partial charge in [0, 0.05) is 6.04 Å². The average Bonchev–Trinajstić information content (AvgIpc) is 2.83. The molecule has 0 spiro atoms. The molecule has 3 rings (SSSR count). The Hall–Kier alpha value is -0.520. The first kappa shape index (κ1) is 11.6. The van der Waals surface area contributed by atoms with Gasteiger partial charge in [0.15, 0.2) is 0 Å². The van der Waals surface area contributed by atoms with Gasteiger partial charge in [0.1, 0.15) is 11.0 Å². The normalized spacial score (nSPS) is 17.5. The number of benzene rings is 1. The van der Waals surface area contributed by atoms with Crippen LogP contribution < -0.4 is 5.32 Å². The van der Waals surface area contributed by atoms with Crippen molar-refractivity contribution in [3.05, 3.63) is 17.2 Å². The Morgan fingerprint density at radius 2 is 2.06 bits per heavy atom. The lowest BCUT2D eigenvalue weighted by atomic mass is 10.1. The van der Waals surface area contributed by atoms with Gasteiger partial charge >= 0.3 is 0 Å². The molecular weight excluding hydrogens is 274 g/mol. The molecule has 1 aromatic carbocycles. The molecule has 1 fully saturated rings. The lowest BCUT2D eigenvalue weighted by Crippen LogP contribution is -2.24. The maximum absolute atomic E-state index is 6.25. The van der Waals surface area contributed by atoms with Crippen molar-refractivity contribution in [3.8, 4) is 0 Å². The number of hydrogen-bond acceptors (Lipinski definition) is 5. The monoisotopic (exact) mass is 285 g/mol. The summed E-state index contributed by atoms with van der Waals surface area (Å²) in [6, 6.07) is 4.33. The second-order valence-corrected chi connectivity index (χ2v) is 6.25. The van der Waals surface area contributed by atoms with Crippen molar-refractivity contribution in [2.24, 2.45) is 0 Å². The van der Waals surface area contributed by atoms with Crippen LogP contribution in [0.15, 0.2) is 12.1 Å². The quantitative estimate of drug-likeness (QED) is 0.914. The van der Waals surface area contributed by atoms with Crippen LogP contribution in [0.3, 0.4) is 0 Å². The molecule has 0 aliphatic carbocycles. The zero-order valence-electron chi connectivity index (χ0n) is 9.15. The molecular formula is C11H12ClN3S2. The molecule has 1 saturated heterocycles. The Morgan fingerprint density at radius 1 is 1.24 bits per heavy atom. The van der Waals surface area contributed by atoms with Gasteiger partial charge in [0.2, 0.25) is 0 Å². The van der Waals surface area contributed by atoms with Gasteiger partial charge in [-0.25, -0.2) is 0 Å². The van der Waals surface area contributed by atoms with Gasteiger partial charge in [-0.15, -0.1) is 0 Å². The Bertz CT molecular complexity index is 522. The van der Waals surface area contributed by atoms with E-state index < -0.39 is 0 Å². The van der Waals surface area contributed by atoms with E-state index in [1.54, 1.807) is 0 Å². The van der Waals surface area contributed by atoms with Gasteiger partial charge in [-0.3, -0.25) is 0 Å². The zero-order chi connectivity index (χ0) is 11.7. The van der Waals surface area contributed by atoms with Crippen molar-refractivity contribution >= 4 is 51.8 Å². The first-order valence-corrected chi connectivity index (χ1v) is 7.86. The molecule has 1 N–H and O–H groups in total. The predicted octanol–water partition coefficient (Wildman–Crippen LogP) is 3.65. The van der Waals surface area contributed by atoms with Crippen molar-refractivity contribution in [1.29, 1.82) is 0 Å². The van der Waals surface area contributed by atoms with Crippen molar-refractivity contribution < 1.29 is 0 Å². The summed E-state index contributed by atoms with van der Waals surface area (Å²) in [6.45, 7) is 0. The molecule has 1 aliphatic rings. The Kier molecular flexibility index (Phi) is 3.40. The van der Waals surface area contributed by atoms with E-state index >= 15 is 0 Å². The van der Waals surface area contributed by atoms with Crippen molar-refractivity contribution in [2.45, 2.75) is 18.9 Å². The Balaban J connectivity index is 1.92. The van der Waals surface area contributed by atoms with Gasteiger partial charge in [-0.1, -0.05) is 11.6 Å². The molecule has 1 aromatic heterocycles. The first-order valence-electron chi connectivity index (χ1n) is 5.59. The van der Waals surface area contributed by atoms with E-state index in [-0.39, 0.29) is 0 Å². The van der Waals surface area contributed by atoms with Crippen LogP contribution in [0.4, 0.5) is 5.69 Å². The van der Waals surface area contributed by atoms with E-state index in [2.05, 4.69) is 14.1 Å². The van der Waals surface area contributed by atoms with E-state index in [1.165, 1.54) is 36.1 Å². The van der Waals surface area contributed by atoms with Crippen LogP contribution in [0.1, 0.15) is 12.8 Å². The summed E-state index contributed by atoms with van der Waals surface area (Å²) in [6.07, 6.45) is 2.38. The van der Waals surface area contributed by atoms with Crippen LogP contribution in [0.5, 0.6) is 0 Å². The molecule has 0 atom stereocenters. The van der Waals surface area contributed by atoms with Crippen LogP contribution in [0.25, 0.3) is 11.0 Å². The number of thioether (sulfide) groups is 1. The van der Waals surface area contributed by atoms with Gasteiger partial charge in [-0.2, -0.15) is 20.5 Å². The fourth-order valence-electron chi connectivity index (χ4n) is 2.01. The minimum atomic E-state index is 0.515. The van der Waals surface area contributed by atoms with Crippen molar-refractivity contribution in [3.63, 3.8) is 0 Å². The summed E-state index contributed by atoms with van der Waals surface area (Å²) >= 11 is 9.50. The second-order valence-electron chi connectivity index (χ2n) is 4.09. The van der Waals surface area contributed by atoms with E-state index in [0.29, 0.717) is 6.04 Å². The maximum Gasteiger partial charge on any atom is 0.129 e. The largest absolute Gasteiger partial charge is 0.379 e. The lowest BCUT2D eigenvalue weighted by molar-refractivity contribution is 0.667. The average molecular weight is 286 g/mol. The summed E-state index contributed by atoms with van der Waals surface area (Å²) < 4.78 is 8.56. The van der Waals surface area contributed by atoms with Crippen LogP contribution >= 0.6 is 35.1 Å². The van der Waals surface area contributed by atoms with Crippen LogP contribution in [-0.4, -0.2) is 26.3 Å². The third kappa shape index (κ3) is 2.37. The first-order chi connectivity index (χ1) is 8.34. The van der Waals surface area contributed by atoms with Crippen molar-refractivity contribution in [1.82, 2.24) is 8.75 Å². The van der Waals surface area contributed by atoms with Gasteiger partial charge in [-0.05, 0) is 36.5 Å². The topological polar surface area (TPSA) is 37.8 Å². The summed E-state index contributed by atoms with van der Waals surface area (Å²) in [5, 5.41) is 4.28. The summed E-state index contributed by atoms with van der Waals surface area (Å²) in [7, 11) is 0. The van der Waals surface area contributed by atoms with Gasteiger partial charge in [0.25, 0.3) is 0 Å². The standard InChI is InChI=1S/C11H12ClN3S2/c12-8-1-2-9-11(15-17-14-9)10(8)13-7-3-5-16-6-4-7/h1-2,7,13H,3-6H2. The summed E-state index contributed by atoms with van der Waals surface area (Å²) in [5.41, 5.74) is 2.78. The highest BCUT2D eigenvalue weighted by atomic mass is 35.5. The maximum atomic E-state index is 6.25. The predicted molar refractivity (Wildman–Crippen MR) is 76.4 cm³/mol. The Morgan fingerprint density at radius 3 is 2.88 bits per heavy atom. The molecule has 17 heavy (non-hydrogen) atoms. The number of nitrogens with zero attached hydrogens (tertiary/aromatic N) is 2. The molecule has 0 radical (unpaired) electrons. The van der Waals surface area contributed by atoms with Crippen LogP contribution in [0, 0.1) is 0 Å². The molecule has 3 nitrogen and oxygen atoms in total. The van der Waals surface area contributed by atoms with Gasteiger partial charge < -0.3 is 5.32 Å². The third-order valence-electron chi connectivity index (χ3n) is 2.95. The van der Waals surface area contributed by atoms with E-state index in [4.69, 9.17) is 11.6 Å². The molecule has 0 bridgehead atoms. The molecule has 90 valence electrons. The summed E-state index contributed by atoms with van der Waals surface area (Å²) in [4.78, 5) is 0. The Labute approximate surface area is 113 Å². The molecule has 1 aliphatic heterocycles. The molecule has 2 heterocycles. The molecule has 0 unspecified atom stereocenters. The van der Waals surface area contributed by atoms with Gasteiger partial charge in [0.05, 0.1) is 22.4 Å². The second kappa shape index (κ2) is 5.00. The number of aromatic nitrogens is 2. The number of anilines is 1. The fourth-order valence-corrected chi connectivity index (χ4v) is 3.87. The smallest absolute Gasteiger partial charge is 0.129 e. The van der Waals surface area contributed by atoms with E-state index in [1.807, 2.05) is 23.9 Å². The number of fused-ring (bicyclic) bond motifs is 1. The summed E-state index contributed by atoms with van der Waals surface area (Å²) in [5.74, 6) is 2.45. The fraction of sp³-hybridized carbons (Fsp3) is 0.455. The highest BCUT2D eigenvalue weighted by molar-refractivity contribution is 7.99. The van der Waals surface area contributed by atoms with E-state index in [0.717, 1.165) is 21.7 Å². The lowest BCUT2D eigenvalue weighted by Gasteiger charge is -2.24. The number of halogens is 1. The minimum absolute atomic E-state index is 0.515. The molecule has 0 saturated carbocycles. The molecule has 2 aromatic rings. The van der Waals surface area contributed by atoms with E-state index in [9.17, 15) is 0 Å². The molecule has 0 amide bonds. The zero-order valence-corrected chi connectivity index (χ0v) is 11.5. The minimum Gasteiger partial charge on any atom is -0.379 e.